The van der Waals surface area contributed by atoms with Crippen molar-refractivity contribution in [1.29, 1.82) is 0 Å². The first-order valence-electron chi connectivity index (χ1n) is 8.47. The summed E-state index contributed by atoms with van der Waals surface area (Å²) in [6, 6.07) is 12.7. The lowest BCUT2D eigenvalue weighted by atomic mass is 10.1. The molecule has 7 heteroatoms. The second-order valence-corrected chi connectivity index (χ2v) is 6.18. The number of rotatable bonds is 6. The molecule has 0 radical (unpaired) electrons. The van der Waals surface area contributed by atoms with E-state index in [4.69, 9.17) is 4.74 Å². The Balaban J connectivity index is 1.53. The normalized spacial score (nSPS) is 10.4. The zero-order valence-electron chi connectivity index (χ0n) is 15.2. The number of ether oxygens (including phenoxy) is 1. The number of para-hydroxylation sites is 1. The Labute approximate surface area is 157 Å². The van der Waals surface area contributed by atoms with E-state index in [9.17, 15) is 9.59 Å². The number of nitrogens with one attached hydrogen (secondary N) is 1. The van der Waals surface area contributed by atoms with Crippen LogP contribution in [0.4, 0.5) is 5.69 Å². The van der Waals surface area contributed by atoms with Gasteiger partial charge in [0.15, 0.2) is 6.61 Å². The van der Waals surface area contributed by atoms with E-state index in [0.717, 1.165) is 22.4 Å². The molecule has 27 heavy (non-hydrogen) atoms. The molecule has 3 aromatic rings. The van der Waals surface area contributed by atoms with Gasteiger partial charge in [0.2, 0.25) is 0 Å². The molecule has 0 aliphatic carbocycles. The predicted octanol–water partition coefficient (Wildman–Crippen LogP) is 2.74. The first-order valence-corrected chi connectivity index (χ1v) is 8.47. The second kappa shape index (κ2) is 8.27. The van der Waals surface area contributed by atoms with Crippen molar-refractivity contribution >= 4 is 17.6 Å². The van der Waals surface area contributed by atoms with Crippen molar-refractivity contribution in [1.82, 2.24) is 14.8 Å². The van der Waals surface area contributed by atoms with E-state index in [-0.39, 0.29) is 12.5 Å². The van der Waals surface area contributed by atoms with Crippen LogP contribution in [0.15, 0.2) is 55.1 Å². The van der Waals surface area contributed by atoms with Gasteiger partial charge in [0, 0.05) is 5.69 Å². The lowest BCUT2D eigenvalue weighted by Gasteiger charge is -2.11. The Morgan fingerprint density at radius 3 is 2.41 bits per heavy atom. The van der Waals surface area contributed by atoms with E-state index in [1.165, 1.54) is 6.33 Å². The molecular formula is C20H20N4O3. The number of hydrogen-bond donors (Lipinski definition) is 1. The van der Waals surface area contributed by atoms with E-state index in [2.05, 4.69) is 15.4 Å². The van der Waals surface area contributed by atoms with Crippen LogP contribution >= 0.6 is 0 Å². The summed E-state index contributed by atoms with van der Waals surface area (Å²) >= 11 is 0. The minimum atomic E-state index is -0.543. The van der Waals surface area contributed by atoms with E-state index >= 15 is 0 Å². The second-order valence-electron chi connectivity index (χ2n) is 6.18. The predicted molar refractivity (Wildman–Crippen MR) is 100 cm³/mol. The molecule has 1 heterocycles. The molecule has 0 spiro atoms. The number of benzene rings is 2. The highest BCUT2D eigenvalue weighted by atomic mass is 16.5. The summed E-state index contributed by atoms with van der Waals surface area (Å²) in [7, 11) is 0. The number of carbonyl (C=O) groups excluding carboxylic acids is 2. The molecule has 0 unspecified atom stereocenters. The van der Waals surface area contributed by atoms with Gasteiger partial charge in [-0.25, -0.2) is 14.5 Å². The Morgan fingerprint density at radius 1 is 1.07 bits per heavy atom. The fourth-order valence-corrected chi connectivity index (χ4v) is 2.65. The largest absolute Gasteiger partial charge is 0.452 e. The molecule has 0 atom stereocenters. The van der Waals surface area contributed by atoms with Crippen LogP contribution in [-0.4, -0.2) is 33.2 Å². The molecule has 0 aliphatic rings. The van der Waals surface area contributed by atoms with Crippen LogP contribution in [0.3, 0.4) is 0 Å². The Kier molecular flexibility index (Phi) is 5.61. The summed E-state index contributed by atoms with van der Waals surface area (Å²) < 4.78 is 6.79. The van der Waals surface area contributed by atoms with E-state index < -0.39 is 5.97 Å². The van der Waals surface area contributed by atoms with Gasteiger partial charge in [-0.2, -0.15) is 5.10 Å². The van der Waals surface area contributed by atoms with Crippen molar-refractivity contribution in [3.63, 3.8) is 0 Å². The van der Waals surface area contributed by atoms with E-state index in [1.54, 1.807) is 23.1 Å². The summed E-state index contributed by atoms with van der Waals surface area (Å²) in [5.41, 5.74) is 4.02. The number of carbonyl (C=O) groups is 2. The summed E-state index contributed by atoms with van der Waals surface area (Å²) in [6.07, 6.45) is 3.09. The van der Waals surface area contributed by atoms with Gasteiger partial charge in [0.05, 0.1) is 12.1 Å². The number of aromatic nitrogens is 3. The van der Waals surface area contributed by atoms with E-state index in [0.29, 0.717) is 12.1 Å². The van der Waals surface area contributed by atoms with Gasteiger partial charge < -0.3 is 10.1 Å². The van der Waals surface area contributed by atoms with Crippen LogP contribution in [0.1, 0.15) is 27.0 Å². The topological polar surface area (TPSA) is 86.1 Å². The maximum atomic E-state index is 12.1. The van der Waals surface area contributed by atoms with Crippen molar-refractivity contribution in [2.75, 3.05) is 11.9 Å². The summed E-state index contributed by atoms with van der Waals surface area (Å²) in [5, 5.41) is 6.82. The third-order valence-corrected chi connectivity index (χ3v) is 4.08. The third kappa shape index (κ3) is 4.78. The maximum absolute atomic E-state index is 12.1. The number of nitrogens with zero attached hydrogens (tertiary/aromatic N) is 3. The average molecular weight is 364 g/mol. The molecular weight excluding hydrogens is 344 g/mol. The number of esters is 1. The van der Waals surface area contributed by atoms with Crippen molar-refractivity contribution in [3.05, 3.63) is 77.4 Å². The standard InChI is InChI=1S/C20H20N4O3/c1-14-4-3-5-15(2)19(14)23-18(25)11-27-20(26)17-8-6-16(7-9-17)10-24-13-21-12-22-24/h3-9,12-13H,10-11H2,1-2H3,(H,23,25). The third-order valence-electron chi connectivity index (χ3n) is 4.08. The minimum absolute atomic E-state index is 0.340. The fourth-order valence-electron chi connectivity index (χ4n) is 2.65. The van der Waals surface area contributed by atoms with Gasteiger partial charge in [0.25, 0.3) is 5.91 Å². The Hall–Kier alpha value is -3.48. The molecule has 1 aromatic heterocycles. The zero-order valence-corrected chi connectivity index (χ0v) is 15.2. The van der Waals surface area contributed by atoms with Gasteiger partial charge >= 0.3 is 5.97 Å². The molecule has 0 saturated heterocycles. The van der Waals surface area contributed by atoms with Gasteiger partial charge in [-0.1, -0.05) is 30.3 Å². The molecule has 0 saturated carbocycles. The lowest BCUT2D eigenvalue weighted by Crippen LogP contribution is -2.21. The van der Waals surface area contributed by atoms with Crippen molar-refractivity contribution in [2.24, 2.45) is 0 Å². The van der Waals surface area contributed by atoms with Crippen LogP contribution in [-0.2, 0) is 16.1 Å². The Bertz CT molecular complexity index is 914. The van der Waals surface area contributed by atoms with Crippen molar-refractivity contribution < 1.29 is 14.3 Å². The SMILES string of the molecule is Cc1cccc(C)c1NC(=O)COC(=O)c1ccc(Cn2cncn2)cc1. The van der Waals surface area contributed by atoms with Crippen LogP contribution in [0.25, 0.3) is 0 Å². The number of anilines is 1. The molecule has 7 nitrogen and oxygen atoms in total. The highest BCUT2D eigenvalue weighted by molar-refractivity contribution is 5.96. The van der Waals surface area contributed by atoms with Gasteiger partial charge in [-0.05, 0) is 42.7 Å². The molecule has 3 rings (SSSR count). The number of amides is 1. The van der Waals surface area contributed by atoms with Gasteiger partial charge in [0.1, 0.15) is 12.7 Å². The zero-order chi connectivity index (χ0) is 19.2. The monoisotopic (exact) mass is 364 g/mol. The summed E-state index contributed by atoms with van der Waals surface area (Å²) in [6.45, 7) is 4.05. The van der Waals surface area contributed by atoms with E-state index in [1.807, 2.05) is 44.2 Å². The number of hydrogen-bond acceptors (Lipinski definition) is 5. The molecule has 1 N–H and O–H groups in total. The molecule has 0 aliphatic heterocycles. The van der Waals surface area contributed by atoms with Crippen LogP contribution in [0.5, 0.6) is 0 Å². The van der Waals surface area contributed by atoms with Crippen molar-refractivity contribution in [3.8, 4) is 0 Å². The summed E-state index contributed by atoms with van der Waals surface area (Å²) in [5.74, 6) is -0.914. The molecule has 0 fully saturated rings. The molecule has 1 amide bonds. The van der Waals surface area contributed by atoms with Gasteiger partial charge in [-0.15, -0.1) is 0 Å². The van der Waals surface area contributed by atoms with Crippen LogP contribution in [0, 0.1) is 13.8 Å². The highest BCUT2D eigenvalue weighted by Gasteiger charge is 2.12. The molecule has 2 aromatic carbocycles. The number of aryl methyl sites for hydroxylation is 2. The minimum Gasteiger partial charge on any atom is -0.452 e. The van der Waals surface area contributed by atoms with Crippen LogP contribution < -0.4 is 5.32 Å². The first-order chi connectivity index (χ1) is 13.0. The average Bonchev–Trinajstić information content (AvgIpc) is 3.16. The van der Waals surface area contributed by atoms with Gasteiger partial charge in [-0.3, -0.25) is 4.79 Å². The Morgan fingerprint density at radius 2 is 1.78 bits per heavy atom. The fraction of sp³-hybridized carbons (Fsp3) is 0.200. The van der Waals surface area contributed by atoms with Crippen molar-refractivity contribution in [2.45, 2.75) is 20.4 Å². The first kappa shape index (κ1) is 18.3. The van der Waals surface area contributed by atoms with Crippen LogP contribution in [0.2, 0.25) is 0 Å². The maximum Gasteiger partial charge on any atom is 0.338 e. The quantitative estimate of drug-likeness (QED) is 0.680. The smallest absolute Gasteiger partial charge is 0.338 e. The lowest BCUT2D eigenvalue weighted by molar-refractivity contribution is -0.119. The molecule has 138 valence electrons. The highest BCUT2D eigenvalue weighted by Crippen LogP contribution is 2.19. The summed E-state index contributed by atoms with van der Waals surface area (Å²) in [4.78, 5) is 28.1. The molecule has 0 bridgehead atoms.